The van der Waals surface area contributed by atoms with E-state index in [1.165, 1.54) is 10.6 Å². The predicted octanol–water partition coefficient (Wildman–Crippen LogP) is 2.78. The van der Waals surface area contributed by atoms with Gasteiger partial charge in [-0.1, -0.05) is 0 Å². The number of alkyl halides is 4. The number of rotatable bonds is 1. The maximum Gasteiger partial charge on any atom is 0.507 e. The maximum absolute atomic E-state index is 13.3. The Balaban J connectivity index is 2.10. The van der Waals surface area contributed by atoms with Crippen molar-refractivity contribution in [2.24, 2.45) is 10.7 Å². The summed E-state index contributed by atoms with van der Waals surface area (Å²) in [5.74, 6) is -1.10. The van der Waals surface area contributed by atoms with Crippen molar-refractivity contribution < 1.29 is 31.8 Å². The molecule has 1 aliphatic rings. The minimum absolute atomic E-state index is 0.189. The normalized spacial score (nSPS) is 18.5. The van der Waals surface area contributed by atoms with Gasteiger partial charge in [0.15, 0.2) is 16.3 Å². The number of fused-ring (bicyclic) bond motifs is 1. The monoisotopic (exact) mass is 363 g/mol. The van der Waals surface area contributed by atoms with Crippen LogP contribution in [0.25, 0.3) is 5.69 Å². The Labute approximate surface area is 135 Å². The second kappa shape index (κ2) is 5.23. The van der Waals surface area contributed by atoms with E-state index >= 15 is 0 Å². The number of ether oxygens (including phenoxy) is 2. The summed E-state index contributed by atoms with van der Waals surface area (Å²) in [5, 5.41) is 0. The number of benzene rings is 1. The molecule has 1 aromatic heterocycles. The number of primary amides is 1. The van der Waals surface area contributed by atoms with Gasteiger partial charge >= 0.3 is 18.2 Å². The van der Waals surface area contributed by atoms with Crippen LogP contribution < -0.4 is 20.0 Å². The number of hydrogen-bond donors (Lipinski definition) is 1. The van der Waals surface area contributed by atoms with E-state index < -0.39 is 29.7 Å². The van der Waals surface area contributed by atoms with Gasteiger partial charge in [-0.3, -0.25) is 4.57 Å². The number of carbonyl (C=O) groups is 1. The molecule has 1 aromatic carbocycles. The third kappa shape index (κ3) is 2.70. The minimum Gasteiger partial charge on any atom is -0.421 e. The molecule has 0 saturated carbocycles. The highest BCUT2D eigenvalue weighted by Gasteiger charge is 2.65. The van der Waals surface area contributed by atoms with Gasteiger partial charge in [-0.15, -0.1) is 11.3 Å². The van der Waals surface area contributed by atoms with E-state index in [4.69, 9.17) is 5.73 Å². The highest BCUT2D eigenvalue weighted by molar-refractivity contribution is 7.09. The Hall–Kier alpha value is -2.56. The number of aromatic nitrogens is 1. The lowest BCUT2D eigenvalue weighted by Crippen LogP contribution is -2.52. The number of thiazole rings is 1. The summed E-state index contributed by atoms with van der Waals surface area (Å²) in [6.07, 6.45) is -8.01. The van der Waals surface area contributed by atoms with Crippen molar-refractivity contribution in [1.82, 2.24) is 4.57 Å². The van der Waals surface area contributed by atoms with Crippen molar-refractivity contribution in [3.05, 3.63) is 34.1 Å². The van der Waals surface area contributed by atoms with E-state index in [2.05, 4.69) is 14.5 Å². The molecule has 6 nitrogen and oxygen atoms in total. The van der Waals surface area contributed by atoms with Gasteiger partial charge in [0, 0.05) is 17.1 Å². The number of nitrogens with zero attached hydrogens (tertiary/aromatic N) is 2. The number of urea groups is 1. The van der Waals surface area contributed by atoms with E-state index in [0.717, 1.165) is 28.3 Å². The summed E-state index contributed by atoms with van der Waals surface area (Å²) in [7, 11) is 0. The van der Waals surface area contributed by atoms with Gasteiger partial charge < -0.3 is 15.2 Å². The summed E-state index contributed by atoms with van der Waals surface area (Å²) < 4.78 is 62.3. The van der Waals surface area contributed by atoms with Crippen molar-refractivity contribution in [3.63, 3.8) is 0 Å². The maximum atomic E-state index is 13.3. The van der Waals surface area contributed by atoms with Crippen LogP contribution in [-0.2, 0) is 0 Å². The van der Waals surface area contributed by atoms with Crippen molar-refractivity contribution in [3.8, 4) is 17.2 Å². The fraction of sp³-hybridized carbons (Fsp3) is 0.231. The van der Waals surface area contributed by atoms with Crippen LogP contribution in [0.3, 0.4) is 0 Å². The molecule has 0 fully saturated rings. The van der Waals surface area contributed by atoms with E-state index in [9.17, 15) is 22.4 Å². The van der Waals surface area contributed by atoms with E-state index in [1.807, 2.05) is 0 Å². The molecule has 0 aliphatic carbocycles. The Bertz CT molecular complexity index is 891. The molecule has 2 N–H and O–H groups in total. The topological polar surface area (TPSA) is 78.8 Å². The molecule has 24 heavy (non-hydrogen) atoms. The molecular formula is C13H9F4N3O3S. The summed E-state index contributed by atoms with van der Waals surface area (Å²) in [6.45, 7) is 1.73. The summed E-state index contributed by atoms with van der Waals surface area (Å²) >= 11 is 1.13. The first kappa shape index (κ1) is 16.3. The lowest BCUT2D eigenvalue weighted by Gasteiger charge is -2.31. The number of nitrogens with two attached hydrogens (primary N) is 1. The molecule has 0 saturated heterocycles. The van der Waals surface area contributed by atoms with Gasteiger partial charge in [0.1, 0.15) is 0 Å². The van der Waals surface area contributed by atoms with Gasteiger partial charge in [-0.05, 0) is 19.1 Å². The summed E-state index contributed by atoms with van der Waals surface area (Å²) in [5.41, 5.74) is 5.27. The zero-order chi connectivity index (χ0) is 17.7. The number of carbonyl (C=O) groups excluding carboxylic acids is 1. The molecule has 0 bridgehead atoms. The fourth-order valence-corrected chi connectivity index (χ4v) is 2.86. The van der Waals surface area contributed by atoms with Crippen molar-refractivity contribution in [2.75, 3.05) is 0 Å². The van der Waals surface area contributed by atoms with Crippen LogP contribution in [-0.4, -0.2) is 22.8 Å². The molecule has 1 aliphatic heterocycles. The van der Waals surface area contributed by atoms with Gasteiger partial charge in [0.2, 0.25) is 0 Å². The van der Waals surface area contributed by atoms with Crippen molar-refractivity contribution in [1.29, 1.82) is 0 Å². The van der Waals surface area contributed by atoms with Crippen LogP contribution in [0, 0.1) is 6.92 Å². The number of hydrogen-bond acceptors (Lipinski definition) is 4. The van der Waals surface area contributed by atoms with Gasteiger partial charge in [0.25, 0.3) is 0 Å². The highest BCUT2D eigenvalue weighted by atomic mass is 32.1. The van der Waals surface area contributed by atoms with Crippen LogP contribution in [0.5, 0.6) is 11.5 Å². The molecule has 0 spiro atoms. The number of halogens is 4. The first-order chi connectivity index (χ1) is 11.1. The average molecular weight is 363 g/mol. The number of amides is 2. The molecule has 2 amide bonds. The van der Waals surface area contributed by atoms with E-state index in [0.29, 0.717) is 0 Å². The third-order valence-electron chi connectivity index (χ3n) is 3.00. The lowest BCUT2D eigenvalue weighted by atomic mass is 10.2. The quantitative estimate of drug-likeness (QED) is 0.792. The lowest BCUT2D eigenvalue weighted by molar-refractivity contribution is -0.391. The zero-order valence-electron chi connectivity index (χ0n) is 11.9. The summed E-state index contributed by atoms with van der Waals surface area (Å²) in [4.78, 5) is 15.5. The molecule has 128 valence electrons. The van der Waals surface area contributed by atoms with Crippen molar-refractivity contribution >= 4 is 17.4 Å². The Morgan fingerprint density at radius 3 is 2.46 bits per heavy atom. The van der Waals surface area contributed by atoms with Gasteiger partial charge in [-0.2, -0.15) is 22.6 Å². The molecular weight excluding hydrogens is 354 g/mol. The molecule has 0 unspecified atom stereocenters. The second-order valence-corrected chi connectivity index (χ2v) is 6.03. The summed E-state index contributed by atoms with van der Waals surface area (Å²) in [6, 6.07) is 2.52. The molecule has 0 atom stereocenters. The van der Waals surface area contributed by atoms with E-state index in [-0.39, 0.29) is 10.5 Å². The molecule has 3 rings (SSSR count). The SMILES string of the molecule is Cc1cn(-c2ccc3c(c2)OC(F)(F)C(F)(F)O3)/c(=N/C(N)=O)s1. The van der Waals surface area contributed by atoms with Crippen LogP contribution in [0.1, 0.15) is 4.88 Å². The molecule has 2 heterocycles. The van der Waals surface area contributed by atoms with Gasteiger partial charge in [0.05, 0.1) is 5.69 Å². The second-order valence-electron chi connectivity index (χ2n) is 4.81. The highest BCUT2D eigenvalue weighted by Crippen LogP contribution is 2.47. The minimum atomic E-state index is -4.81. The van der Waals surface area contributed by atoms with E-state index in [1.54, 1.807) is 13.1 Å². The average Bonchev–Trinajstić information content (AvgIpc) is 2.79. The predicted molar refractivity (Wildman–Crippen MR) is 74.7 cm³/mol. The van der Waals surface area contributed by atoms with Crippen LogP contribution in [0.15, 0.2) is 29.4 Å². The standard InChI is InChI=1S/C13H9F4N3O3S/c1-6-5-20(11(24-6)19-10(18)21)7-2-3-8-9(4-7)23-13(16,17)12(14,15)22-8/h2-5H,1H3,(H2,18,21)/b19-11-. The Morgan fingerprint density at radius 2 is 1.83 bits per heavy atom. The van der Waals surface area contributed by atoms with Gasteiger partial charge in [-0.25, -0.2) is 4.79 Å². The van der Waals surface area contributed by atoms with Crippen LogP contribution >= 0.6 is 11.3 Å². The first-order valence-electron chi connectivity index (χ1n) is 6.40. The first-order valence-corrected chi connectivity index (χ1v) is 7.22. The zero-order valence-corrected chi connectivity index (χ0v) is 12.7. The molecule has 0 radical (unpaired) electrons. The Morgan fingerprint density at radius 1 is 1.21 bits per heavy atom. The molecule has 11 heteroatoms. The smallest absolute Gasteiger partial charge is 0.421 e. The fourth-order valence-electron chi connectivity index (χ4n) is 2.02. The van der Waals surface area contributed by atoms with Crippen LogP contribution in [0.2, 0.25) is 0 Å². The largest absolute Gasteiger partial charge is 0.507 e. The third-order valence-corrected chi connectivity index (χ3v) is 3.89. The van der Waals surface area contributed by atoms with Crippen LogP contribution in [0.4, 0.5) is 22.4 Å². The number of aryl methyl sites for hydroxylation is 1. The van der Waals surface area contributed by atoms with Crippen molar-refractivity contribution in [2.45, 2.75) is 19.1 Å². The molecule has 2 aromatic rings. The Kier molecular flexibility index (Phi) is 3.55.